The van der Waals surface area contributed by atoms with E-state index in [4.69, 9.17) is 0 Å². The van der Waals surface area contributed by atoms with E-state index in [9.17, 15) is 8.42 Å². The molecule has 1 heterocycles. The van der Waals surface area contributed by atoms with Gasteiger partial charge in [0.2, 0.25) is 10.0 Å². The molecule has 1 aliphatic rings. The normalized spacial score (nSPS) is 13.5. The zero-order valence-electron chi connectivity index (χ0n) is 13.2. The fraction of sp³-hybridized carbons (Fsp3) is 0.294. The number of halogens is 1. The minimum Gasteiger partial charge on any atom is -0.309 e. The molecule has 124 valence electrons. The van der Waals surface area contributed by atoms with Crippen LogP contribution in [0.25, 0.3) is 0 Å². The van der Waals surface area contributed by atoms with Crippen molar-refractivity contribution in [3.63, 3.8) is 0 Å². The molecule has 2 N–H and O–H groups in total. The average molecular weight is 353 g/mol. The van der Waals surface area contributed by atoms with Crippen LogP contribution in [0.3, 0.4) is 0 Å². The third kappa shape index (κ3) is 3.93. The molecule has 0 fully saturated rings. The van der Waals surface area contributed by atoms with Crippen molar-refractivity contribution < 1.29 is 8.42 Å². The van der Waals surface area contributed by atoms with Crippen molar-refractivity contribution in [3.05, 3.63) is 64.2 Å². The van der Waals surface area contributed by atoms with E-state index in [0.717, 1.165) is 29.8 Å². The Morgan fingerprint density at radius 2 is 1.78 bits per heavy atom. The summed E-state index contributed by atoms with van der Waals surface area (Å²) in [5.74, 6) is 0. The topological polar surface area (TPSA) is 58.2 Å². The Bertz CT molecular complexity index is 819. The van der Waals surface area contributed by atoms with E-state index in [-0.39, 0.29) is 12.4 Å². The van der Waals surface area contributed by atoms with Gasteiger partial charge >= 0.3 is 0 Å². The molecule has 2 aromatic rings. The van der Waals surface area contributed by atoms with Crippen LogP contribution < -0.4 is 10.0 Å². The summed E-state index contributed by atoms with van der Waals surface area (Å²) in [5, 5.41) is 3.29. The van der Waals surface area contributed by atoms with Crippen LogP contribution in [0.15, 0.2) is 41.3 Å². The van der Waals surface area contributed by atoms with Crippen molar-refractivity contribution in [2.75, 3.05) is 0 Å². The third-order valence-corrected chi connectivity index (χ3v) is 5.54. The van der Waals surface area contributed by atoms with Crippen LogP contribution >= 0.6 is 12.4 Å². The summed E-state index contributed by atoms with van der Waals surface area (Å²) in [5.41, 5.74) is 5.23. The van der Waals surface area contributed by atoms with Crippen LogP contribution in [-0.4, -0.2) is 8.42 Å². The number of sulfonamides is 1. The Kier molecular flexibility index (Phi) is 5.47. The molecule has 0 aromatic heterocycles. The van der Waals surface area contributed by atoms with Gasteiger partial charge in [-0.25, -0.2) is 13.1 Å². The minimum absolute atomic E-state index is 0. The summed E-state index contributed by atoms with van der Waals surface area (Å²) >= 11 is 0. The monoisotopic (exact) mass is 352 g/mol. The van der Waals surface area contributed by atoms with Gasteiger partial charge in [-0.1, -0.05) is 30.3 Å². The molecule has 0 radical (unpaired) electrons. The molecule has 1 aliphatic heterocycles. The second kappa shape index (κ2) is 7.01. The smallest absolute Gasteiger partial charge is 0.241 e. The number of aryl methyl sites for hydroxylation is 2. The Balaban J connectivity index is 0.00000192. The highest BCUT2D eigenvalue weighted by Gasteiger charge is 2.17. The van der Waals surface area contributed by atoms with Crippen molar-refractivity contribution >= 4 is 22.4 Å². The Morgan fingerprint density at radius 1 is 1.04 bits per heavy atom. The summed E-state index contributed by atoms with van der Waals surface area (Å²) in [6.07, 6.45) is 0. The van der Waals surface area contributed by atoms with Gasteiger partial charge in [0.05, 0.1) is 4.90 Å². The van der Waals surface area contributed by atoms with Gasteiger partial charge in [-0.3, -0.25) is 0 Å². The van der Waals surface area contributed by atoms with Gasteiger partial charge in [0.1, 0.15) is 0 Å². The lowest BCUT2D eigenvalue weighted by Crippen LogP contribution is -2.24. The molecule has 0 spiro atoms. The molecule has 3 rings (SSSR count). The summed E-state index contributed by atoms with van der Waals surface area (Å²) in [6, 6.07) is 11.6. The first-order valence-corrected chi connectivity index (χ1v) is 8.82. The SMILES string of the molecule is Cc1ccc(C)c(S(=O)(=O)NCc2ccc3c(c2)CNC3)c1.Cl. The van der Waals surface area contributed by atoms with Gasteiger partial charge in [0.15, 0.2) is 0 Å². The maximum absolute atomic E-state index is 12.5. The van der Waals surface area contributed by atoms with Crippen LogP contribution in [0.5, 0.6) is 0 Å². The standard InChI is InChI=1S/C17H20N2O2S.ClH/c1-12-3-4-13(2)17(7-12)22(20,21)19-9-14-5-6-15-10-18-11-16(15)8-14;/h3-8,18-19H,9-11H2,1-2H3;1H. The molecule has 6 heteroatoms. The van der Waals surface area contributed by atoms with Crippen LogP contribution in [0.1, 0.15) is 27.8 Å². The zero-order valence-corrected chi connectivity index (χ0v) is 14.9. The highest BCUT2D eigenvalue weighted by Crippen LogP contribution is 2.19. The van der Waals surface area contributed by atoms with E-state index < -0.39 is 10.0 Å². The quantitative estimate of drug-likeness (QED) is 0.889. The lowest BCUT2D eigenvalue weighted by atomic mass is 10.1. The number of rotatable bonds is 4. The summed E-state index contributed by atoms with van der Waals surface area (Å²) < 4.78 is 27.7. The first-order chi connectivity index (χ1) is 10.5. The van der Waals surface area contributed by atoms with Gasteiger partial charge in [-0.15, -0.1) is 12.4 Å². The van der Waals surface area contributed by atoms with E-state index in [2.05, 4.69) is 22.2 Å². The number of nitrogens with one attached hydrogen (secondary N) is 2. The fourth-order valence-corrected chi connectivity index (χ4v) is 4.06. The largest absolute Gasteiger partial charge is 0.309 e. The van der Waals surface area contributed by atoms with Crippen molar-refractivity contribution in [3.8, 4) is 0 Å². The van der Waals surface area contributed by atoms with Crippen LogP contribution in [0.2, 0.25) is 0 Å². The predicted octanol–water partition coefficient (Wildman–Crippen LogP) is 2.81. The molecule has 0 saturated carbocycles. The Labute approximate surface area is 143 Å². The Morgan fingerprint density at radius 3 is 2.57 bits per heavy atom. The van der Waals surface area contributed by atoms with Crippen LogP contribution in [0, 0.1) is 13.8 Å². The predicted molar refractivity (Wildman–Crippen MR) is 94.2 cm³/mol. The molecule has 0 aliphatic carbocycles. The first-order valence-electron chi connectivity index (χ1n) is 7.34. The van der Waals surface area contributed by atoms with Crippen molar-refractivity contribution in [2.24, 2.45) is 0 Å². The summed E-state index contributed by atoms with van der Waals surface area (Å²) in [4.78, 5) is 0.357. The van der Waals surface area contributed by atoms with Crippen molar-refractivity contribution in [2.45, 2.75) is 38.4 Å². The molecular weight excluding hydrogens is 332 g/mol. The molecule has 4 nitrogen and oxygen atoms in total. The first kappa shape index (κ1) is 17.9. The van der Waals surface area contributed by atoms with Gasteiger partial charge in [0, 0.05) is 19.6 Å². The number of hydrogen-bond acceptors (Lipinski definition) is 3. The van der Waals surface area contributed by atoms with Gasteiger partial charge < -0.3 is 5.32 Å². The van der Waals surface area contributed by atoms with Gasteiger partial charge in [0.25, 0.3) is 0 Å². The molecule has 0 unspecified atom stereocenters. The van der Waals surface area contributed by atoms with Gasteiger partial charge in [-0.05, 0) is 47.7 Å². The van der Waals surface area contributed by atoms with E-state index in [0.29, 0.717) is 11.4 Å². The third-order valence-electron chi connectivity index (χ3n) is 4.00. The molecule has 0 saturated heterocycles. The van der Waals surface area contributed by atoms with E-state index >= 15 is 0 Å². The summed E-state index contributed by atoms with van der Waals surface area (Å²) in [6.45, 7) is 5.76. The molecule has 23 heavy (non-hydrogen) atoms. The Hall–Kier alpha value is -1.40. The van der Waals surface area contributed by atoms with Crippen molar-refractivity contribution in [1.29, 1.82) is 0 Å². The molecule has 0 atom stereocenters. The van der Waals surface area contributed by atoms with E-state index in [1.807, 2.05) is 32.0 Å². The van der Waals surface area contributed by atoms with Crippen LogP contribution in [-0.2, 0) is 29.7 Å². The summed E-state index contributed by atoms with van der Waals surface area (Å²) in [7, 11) is -3.49. The molecular formula is C17H21ClN2O2S. The molecule has 0 amide bonds. The zero-order chi connectivity index (χ0) is 15.7. The van der Waals surface area contributed by atoms with Crippen LogP contribution in [0.4, 0.5) is 0 Å². The maximum atomic E-state index is 12.5. The van der Waals surface area contributed by atoms with Gasteiger partial charge in [-0.2, -0.15) is 0 Å². The fourth-order valence-electron chi connectivity index (χ4n) is 2.71. The lowest BCUT2D eigenvalue weighted by Gasteiger charge is -2.11. The molecule has 0 bridgehead atoms. The number of fused-ring (bicyclic) bond motifs is 1. The lowest BCUT2D eigenvalue weighted by molar-refractivity contribution is 0.580. The number of benzene rings is 2. The van der Waals surface area contributed by atoms with E-state index in [1.165, 1.54) is 11.1 Å². The highest BCUT2D eigenvalue weighted by molar-refractivity contribution is 7.89. The second-order valence-electron chi connectivity index (χ2n) is 5.80. The number of hydrogen-bond donors (Lipinski definition) is 2. The molecule has 2 aromatic carbocycles. The second-order valence-corrected chi connectivity index (χ2v) is 7.54. The van der Waals surface area contributed by atoms with Crippen molar-refractivity contribution in [1.82, 2.24) is 10.0 Å². The van der Waals surface area contributed by atoms with E-state index in [1.54, 1.807) is 6.07 Å². The maximum Gasteiger partial charge on any atom is 0.241 e. The average Bonchev–Trinajstić information content (AvgIpc) is 2.95. The minimum atomic E-state index is -3.49. The highest BCUT2D eigenvalue weighted by atomic mass is 35.5.